The lowest BCUT2D eigenvalue weighted by molar-refractivity contribution is -0.163. The molecule has 3 aromatic rings. The van der Waals surface area contributed by atoms with Crippen molar-refractivity contribution in [1.29, 1.82) is 0 Å². The first-order valence-corrected chi connectivity index (χ1v) is 14.7. The fourth-order valence-electron chi connectivity index (χ4n) is 5.23. The van der Waals surface area contributed by atoms with Crippen LogP contribution in [0.4, 0.5) is 5.82 Å². The van der Waals surface area contributed by atoms with Gasteiger partial charge in [-0.25, -0.2) is 14.6 Å². The monoisotopic (exact) mass is 551 g/mol. The highest BCUT2D eigenvalue weighted by Gasteiger charge is 2.57. The fourth-order valence-corrected chi connectivity index (χ4v) is 5.92. The Morgan fingerprint density at radius 3 is 2.74 bits per heavy atom. The second-order valence-electron chi connectivity index (χ2n) is 10.3. The van der Waals surface area contributed by atoms with E-state index < -0.39 is 5.79 Å². The summed E-state index contributed by atoms with van der Waals surface area (Å²) in [7, 11) is 0. The van der Waals surface area contributed by atoms with Crippen molar-refractivity contribution >= 4 is 40.7 Å². The zero-order valence-electron chi connectivity index (χ0n) is 23.0. The number of benzene rings is 1. The van der Waals surface area contributed by atoms with Crippen molar-refractivity contribution in [2.45, 2.75) is 76.2 Å². The second-order valence-corrected chi connectivity index (χ2v) is 11.4. The molecule has 1 saturated heterocycles. The Morgan fingerprint density at radius 2 is 1.97 bits per heavy atom. The first-order chi connectivity index (χ1) is 18.9. The Hall–Kier alpha value is -3.02. The predicted octanol–water partition coefficient (Wildman–Crippen LogP) is 4.46. The van der Waals surface area contributed by atoms with E-state index >= 15 is 0 Å². The largest absolute Gasteiger partial charge is 0.368 e. The van der Waals surface area contributed by atoms with E-state index in [0.29, 0.717) is 41.6 Å². The van der Waals surface area contributed by atoms with Gasteiger partial charge in [0.1, 0.15) is 12.2 Å². The maximum atomic E-state index is 12.9. The van der Waals surface area contributed by atoms with Gasteiger partial charge in [0, 0.05) is 18.8 Å². The van der Waals surface area contributed by atoms with E-state index in [1.54, 1.807) is 11.8 Å². The maximum Gasteiger partial charge on any atom is 0.225 e. The molecule has 1 aliphatic carbocycles. The van der Waals surface area contributed by atoms with Crippen LogP contribution in [0.5, 0.6) is 0 Å². The fraction of sp³-hybridized carbons (Fsp3) is 0.536. The molecule has 1 amide bonds. The zero-order chi connectivity index (χ0) is 27.4. The van der Waals surface area contributed by atoms with Crippen LogP contribution in [0.2, 0.25) is 0 Å². The van der Waals surface area contributed by atoms with Crippen molar-refractivity contribution in [2.24, 2.45) is 5.92 Å². The summed E-state index contributed by atoms with van der Waals surface area (Å²) in [4.78, 5) is 22.6. The number of anilines is 1. The number of nitrogens with zero attached hydrogens (tertiary/aromatic N) is 5. The third kappa shape index (κ3) is 6.10. The van der Waals surface area contributed by atoms with E-state index in [9.17, 15) is 4.79 Å². The van der Waals surface area contributed by atoms with Crippen molar-refractivity contribution in [1.82, 2.24) is 30.3 Å². The first kappa shape index (κ1) is 27.5. The van der Waals surface area contributed by atoms with Gasteiger partial charge in [-0.15, -0.1) is 5.10 Å². The lowest BCUT2D eigenvalue weighted by Gasteiger charge is -2.23. The van der Waals surface area contributed by atoms with E-state index in [1.165, 1.54) is 5.56 Å². The highest BCUT2D eigenvalue weighted by Crippen LogP contribution is 2.47. The summed E-state index contributed by atoms with van der Waals surface area (Å²) in [5.74, 6) is 0.416. The quantitative estimate of drug-likeness (QED) is 0.202. The number of nitrogens with one attached hydrogen (secondary N) is 2. The summed E-state index contributed by atoms with van der Waals surface area (Å²) in [5, 5.41) is 16.1. The van der Waals surface area contributed by atoms with Gasteiger partial charge >= 0.3 is 0 Å². The number of carbonyl (C=O) groups is 1. The summed E-state index contributed by atoms with van der Waals surface area (Å²) >= 11 is 1.61. The Morgan fingerprint density at radius 1 is 1.18 bits per heavy atom. The molecular weight excluding hydrogens is 514 g/mol. The molecule has 2 fully saturated rings. The Balaban J connectivity index is 1.41. The van der Waals surface area contributed by atoms with Gasteiger partial charge in [-0.2, -0.15) is 0 Å². The molecule has 10 nitrogen and oxygen atoms in total. The summed E-state index contributed by atoms with van der Waals surface area (Å²) in [6, 6.07) is 10.00. The van der Waals surface area contributed by atoms with Gasteiger partial charge in [-0.3, -0.25) is 4.79 Å². The molecule has 2 aromatic heterocycles. The average Bonchev–Trinajstić information content (AvgIpc) is 3.58. The molecule has 208 valence electrons. The number of rotatable bonds is 11. The van der Waals surface area contributed by atoms with Crippen LogP contribution in [0, 0.1) is 5.92 Å². The van der Waals surface area contributed by atoms with Crippen LogP contribution in [0.3, 0.4) is 0 Å². The summed E-state index contributed by atoms with van der Waals surface area (Å²) < 4.78 is 14.3. The van der Waals surface area contributed by atoms with Crippen molar-refractivity contribution in [2.75, 3.05) is 24.2 Å². The van der Waals surface area contributed by atoms with Gasteiger partial charge in [0.05, 0.1) is 12.0 Å². The van der Waals surface area contributed by atoms with E-state index in [-0.39, 0.29) is 30.1 Å². The SMILES string of the molecule is CCCSc1nc(NCCC=Cc2ccccc2)c2nnn(C3CC(C(=O)NCC)C4OC(C)(C)OC43)c2n1. The van der Waals surface area contributed by atoms with Gasteiger partial charge in [-0.05, 0) is 45.6 Å². The number of amides is 1. The van der Waals surface area contributed by atoms with Gasteiger partial charge in [0.2, 0.25) is 5.91 Å². The molecule has 1 aliphatic heterocycles. The van der Waals surface area contributed by atoms with E-state index in [4.69, 9.17) is 19.4 Å². The highest BCUT2D eigenvalue weighted by molar-refractivity contribution is 7.99. The molecule has 5 rings (SSSR count). The summed E-state index contributed by atoms with van der Waals surface area (Å²) in [6.45, 7) is 9.07. The Bertz CT molecular complexity index is 1310. The Labute approximate surface area is 233 Å². The van der Waals surface area contributed by atoms with Crippen LogP contribution < -0.4 is 10.6 Å². The van der Waals surface area contributed by atoms with Gasteiger partial charge in [0.15, 0.2) is 27.9 Å². The average molecular weight is 552 g/mol. The van der Waals surface area contributed by atoms with Crippen LogP contribution in [0.15, 0.2) is 41.6 Å². The molecule has 4 unspecified atom stereocenters. The highest BCUT2D eigenvalue weighted by atomic mass is 32.2. The van der Waals surface area contributed by atoms with Crippen LogP contribution >= 0.6 is 11.8 Å². The zero-order valence-corrected chi connectivity index (χ0v) is 23.8. The van der Waals surface area contributed by atoms with Gasteiger partial charge in [-0.1, -0.05) is 66.4 Å². The van der Waals surface area contributed by atoms with Crippen LogP contribution in [0.25, 0.3) is 17.2 Å². The van der Waals surface area contributed by atoms with Crippen molar-refractivity contribution in [3.8, 4) is 0 Å². The first-order valence-electron chi connectivity index (χ1n) is 13.7. The van der Waals surface area contributed by atoms with E-state index in [1.807, 2.05) is 43.7 Å². The molecule has 0 bridgehead atoms. The lowest BCUT2D eigenvalue weighted by atomic mass is 10.0. The molecule has 0 spiro atoms. The van der Waals surface area contributed by atoms with Crippen molar-refractivity contribution in [3.05, 3.63) is 42.0 Å². The number of hydrogen-bond donors (Lipinski definition) is 2. The molecule has 2 aliphatic rings. The molecule has 3 heterocycles. The molecule has 39 heavy (non-hydrogen) atoms. The Kier molecular flexibility index (Phi) is 8.49. The number of ether oxygens (including phenoxy) is 2. The van der Waals surface area contributed by atoms with Crippen LogP contribution in [-0.2, 0) is 14.3 Å². The van der Waals surface area contributed by atoms with E-state index in [0.717, 1.165) is 18.6 Å². The predicted molar refractivity (Wildman–Crippen MR) is 152 cm³/mol. The normalized spacial score (nSPS) is 23.9. The molecule has 1 aromatic carbocycles. The molecule has 1 saturated carbocycles. The van der Waals surface area contributed by atoms with Gasteiger partial charge < -0.3 is 20.1 Å². The summed E-state index contributed by atoms with van der Waals surface area (Å²) in [6.07, 6.45) is 5.93. The van der Waals surface area contributed by atoms with E-state index in [2.05, 4.69) is 52.2 Å². The summed E-state index contributed by atoms with van der Waals surface area (Å²) in [5.41, 5.74) is 2.42. The standard InChI is InChI=1S/C28H37N7O3S/c1-5-16-39-27-31-24(30-15-11-10-14-18-12-8-7-9-13-18)21-25(32-27)35(34-33-21)20-17-19(26(36)29-6-2)22-23(20)38-28(3,4)37-22/h7-10,12-14,19-20,22-23H,5-6,11,15-17H2,1-4H3,(H,29,36)(H,30,31,32). The van der Waals surface area contributed by atoms with Crippen LogP contribution in [0.1, 0.15) is 58.6 Å². The molecule has 4 atom stereocenters. The minimum Gasteiger partial charge on any atom is -0.368 e. The maximum absolute atomic E-state index is 12.9. The topological polar surface area (TPSA) is 116 Å². The van der Waals surface area contributed by atoms with Crippen LogP contribution in [-0.4, -0.2) is 67.7 Å². The second kappa shape index (κ2) is 12.0. The molecule has 0 radical (unpaired) electrons. The number of carbonyl (C=O) groups excluding carboxylic acids is 1. The molecule has 11 heteroatoms. The third-order valence-electron chi connectivity index (χ3n) is 6.89. The number of aromatic nitrogens is 5. The van der Waals surface area contributed by atoms with Gasteiger partial charge in [0.25, 0.3) is 0 Å². The number of fused-ring (bicyclic) bond motifs is 2. The minimum atomic E-state index is -0.785. The third-order valence-corrected chi connectivity index (χ3v) is 7.94. The lowest BCUT2D eigenvalue weighted by Crippen LogP contribution is -2.37. The van der Waals surface area contributed by atoms with Crippen molar-refractivity contribution in [3.63, 3.8) is 0 Å². The molecule has 2 N–H and O–H groups in total. The minimum absolute atomic E-state index is 0.0274. The number of thioether (sulfide) groups is 1. The van der Waals surface area contributed by atoms with Crippen molar-refractivity contribution < 1.29 is 14.3 Å². The smallest absolute Gasteiger partial charge is 0.225 e. The molecular formula is C28H37N7O3S. The number of hydrogen-bond acceptors (Lipinski definition) is 9.